The molecule has 0 aliphatic carbocycles. The van der Waals surface area contributed by atoms with E-state index in [1.807, 2.05) is 12.1 Å². The van der Waals surface area contributed by atoms with E-state index in [1.165, 1.54) is 43.6 Å². The standard InChI is InChI=1S/C69H44N6/c1-3-19-45(20-4-1)51-23-7-9-29-57(51)68-70-67(71-69(72-68)58-30-10-8-24-52(58)46-21-5-2-6-22-46)47-35-37-48(38-36-47)73-65-41-39-49(74-61-31-15-11-25-53(61)54-26-12-16-32-62(54)74)43-59(65)60-44-50(40-42-66(60)73)75-63-33-17-13-27-55(63)56-28-14-18-34-64(56)75/h1-44H. The Balaban J connectivity index is 0.923. The van der Waals surface area contributed by atoms with Crippen molar-refractivity contribution in [3.8, 4) is 73.5 Å². The molecule has 6 nitrogen and oxygen atoms in total. The second-order valence-corrected chi connectivity index (χ2v) is 19.2. The van der Waals surface area contributed by atoms with Gasteiger partial charge in [-0.05, 0) is 107 Å². The Morgan fingerprint density at radius 1 is 0.200 bits per heavy atom. The fourth-order valence-corrected chi connectivity index (χ4v) is 11.6. The molecule has 0 saturated heterocycles. The van der Waals surface area contributed by atoms with Gasteiger partial charge < -0.3 is 13.7 Å². The van der Waals surface area contributed by atoms with Crippen LogP contribution in [0.5, 0.6) is 0 Å². The van der Waals surface area contributed by atoms with Crippen LogP contribution in [0.25, 0.3) is 139 Å². The maximum Gasteiger partial charge on any atom is 0.164 e. The van der Waals surface area contributed by atoms with Crippen LogP contribution in [0.3, 0.4) is 0 Å². The summed E-state index contributed by atoms with van der Waals surface area (Å²) >= 11 is 0. The molecule has 0 spiro atoms. The van der Waals surface area contributed by atoms with E-state index in [1.54, 1.807) is 0 Å². The zero-order valence-corrected chi connectivity index (χ0v) is 40.6. The Hall–Kier alpha value is -10.2. The molecular weight excluding hydrogens is 913 g/mol. The highest BCUT2D eigenvalue weighted by molar-refractivity contribution is 6.14. The molecule has 0 atom stereocenters. The monoisotopic (exact) mass is 956 g/mol. The lowest BCUT2D eigenvalue weighted by Gasteiger charge is -2.14. The third kappa shape index (κ3) is 6.92. The van der Waals surface area contributed by atoms with Crippen molar-refractivity contribution in [2.75, 3.05) is 0 Å². The Morgan fingerprint density at radius 2 is 0.507 bits per heavy atom. The third-order valence-corrected chi connectivity index (χ3v) is 14.9. The predicted molar refractivity (Wildman–Crippen MR) is 310 cm³/mol. The second-order valence-electron chi connectivity index (χ2n) is 19.2. The number of fused-ring (bicyclic) bond motifs is 9. The van der Waals surface area contributed by atoms with Crippen molar-refractivity contribution in [3.05, 3.63) is 267 Å². The van der Waals surface area contributed by atoms with Crippen molar-refractivity contribution < 1.29 is 0 Å². The van der Waals surface area contributed by atoms with Crippen molar-refractivity contribution in [1.29, 1.82) is 0 Å². The zero-order valence-electron chi connectivity index (χ0n) is 40.6. The topological polar surface area (TPSA) is 53.5 Å². The van der Waals surface area contributed by atoms with Crippen LogP contribution in [0, 0.1) is 0 Å². The largest absolute Gasteiger partial charge is 0.309 e. The van der Waals surface area contributed by atoms with Crippen LogP contribution >= 0.6 is 0 Å². The van der Waals surface area contributed by atoms with E-state index in [4.69, 9.17) is 15.0 Å². The molecule has 0 amide bonds. The molecule has 11 aromatic carbocycles. The van der Waals surface area contributed by atoms with E-state index in [0.717, 1.165) is 77.8 Å². The molecule has 0 bridgehead atoms. The van der Waals surface area contributed by atoms with Crippen molar-refractivity contribution >= 4 is 65.4 Å². The summed E-state index contributed by atoms with van der Waals surface area (Å²) in [7, 11) is 0. The summed E-state index contributed by atoms with van der Waals surface area (Å²) in [5.41, 5.74) is 17.3. The van der Waals surface area contributed by atoms with Gasteiger partial charge in [-0.25, -0.2) is 15.0 Å². The summed E-state index contributed by atoms with van der Waals surface area (Å²) in [6, 6.07) is 95.2. The van der Waals surface area contributed by atoms with Gasteiger partial charge in [-0.1, -0.05) is 182 Å². The van der Waals surface area contributed by atoms with Gasteiger partial charge in [0.15, 0.2) is 17.5 Å². The molecule has 0 N–H and O–H groups in total. The molecule has 0 aliphatic heterocycles. The molecule has 6 heteroatoms. The zero-order chi connectivity index (χ0) is 49.4. The lowest BCUT2D eigenvalue weighted by molar-refractivity contribution is 1.07. The Labute approximate surface area is 432 Å². The van der Waals surface area contributed by atoms with E-state index < -0.39 is 0 Å². The van der Waals surface area contributed by atoms with Crippen LogP contribution in [0.4, 0.5) is 0 Å². The van der Waals surface area contributed by atoms with Crippen molar-refractivity contribution in [2.45, 2.75) is 0 Å². The van der Waals surface area contributed by atoms with E-state index in [-0.39, 0.29) is 0 Å². The fourth-order valence-electron chi connectivity index (χ4n) is 11.6. The Morgan fingerprint density at radius 3 is 0.920 bits per heavy atom. The van der Waals surface area contributed by atoms with Crippen LogP contribution in [-0.4, -0.2) is 28.7 Å². The average Bonchev–Trinajstić information content (AvgIpc) is 4.18. The Bertz CT molecular complexity index is 4320. The fraction of sp³-hybridized carbons (Fsp3) is 0. The molecule has 4 heterocycles. The van der Waals surface area contributed by atoms with Gasteiger partial charge in [0.1, 0.15) is 0 Å². The van der Waals surface area contributed by atoms with Gasteiger partial charge in [-0.2, -0.15) is 0 Å². The van der Waals surface area contributed by atoms with Crippen molar-refractivity contribution in [3.63, 3.8) is 0 Å². The van der Waals surface area contributed by atoms with Crippen LogP contribution in [-0.2, 0) is 0 Å². The first-order valence-corrected chi connectivity index (χ1v) is 25.4. The van der Waals surface area contributed by atoms with Crippen LogP contribution in [0.15, 0.2) is 267 Å². The minimum atomic E-state index is 0.598. The molecule has 75 heavy (non-hydrogen) atoms. The summed E-state index contributed by atoms with van der Waals surface area (Å²) in [5.74, 6) is 1.82. The van der Waals surface area contributed by atoms with Crippen molar-refractivity contribution in [2.24, 2.45) is 0 Å². The molecule has 0 aliphatic rings. The molecule has 0 saturated carbocycles. The van der Waals surface area contributed by atoms with Crippen molar-refractivity contribution in [1.82, 2.24) is 28.7 Å². The minimum Gasteiger partial charge on any atom is -0.309 e. The molecule has 350 valence electrons. The number of aromatic nitrogens is 6. The first-order valence-electron chi connectivity index (χ1n) is 25.4. The SMILES string of the molecule is c1ccc(-c2ccccc2-c2nc(-c3ccc(-n4c5ccc(-n6c7ccccc7c7ccccc76)cc5c5cc(-n6c7ccccc7c7ccccc76)ccc54)cc3)nc(-c3ccccc3-c3ccccc3)n2)cc1. The number of para-hydroxylation sites is 4. The molecule has 0 fully saturated rings. The number of nitrogens with zero attached hydrogens (tertiary/aromatic N) is 6. The molecule has 4 aromatic heterocycles. The minimum absolute atomic E-state index is 0.598. The van der Waals surface area contributed by atoms with Gasteiger partial charge >= 0.3 is 0 Å². The first kappa shape index (κ1) is 42.5. The van der Waals surface area contributed by atoms with Crippen LogP contribution in [0.1, 0.15) is 0 Å². The number of hydrogen-bond acceptors (Lipinski definition) is 3. The number of benzene rings is 11. The van der Waals surface area contributed by atoms with Gasteiger partial charge in [0.2, 0.25) is 0 Å². The maximum atomic E-state index is 5.30. The lowest BCUT2D eigenvalue weighted by atomic mass is 9.98. The van der Waals surface area contributed by atoms with Gasteiger partial charge in [0, 0.05) is 66.1 Å². The average molecular weight is 957 g/mol. The van der Waals surface area contributed by atoms with Gasteiger partial charge in [0.05, 0.1) is 33.1 Å². The number of rotatable bonds is 8. The van der Waals surface area contributed by atoms with Crippen LogP contribution in [0.2, 0.25) is 0 Å². The summed E-state index contributed by atoms with van der Waals surface area (Å²) in [6.07, 6.45) is 0. The van der Waals surface area contributed by atoms with E-state index >= 15 is 0 Å². The quantitative estimate of drug-likeness (QED) is 0.152. The summed E-state index contributed by atoms with van der Waals surface area (Å²) in [5, 5.41) is 7.28. The van der Waals surface area contributed by atoms with E-state index in [9.17, 15) is 0 Å². The normalized spacial score (nSPS) is 11.7. The van der Waals surface area contributed by atoms with Gasteiger partial charge in [0.25, 0.3) is 0 Å². The Kier molecular flexibility index (Phi) is 9.78. The highest BCUT2D eigenvalue weighted by Crippen LogP contribution is 2.41. The van der Waals surface area contributed by atoms with Gasteiger partial charge in [-0.15, -0.1) is 0 Å². The van der Waals surface area contributed by atoms with E-state index in [0.29, 0.717) is 17.5 Å². The molecule has 0 unspecified atom stereocenters. The van der Waals surface area contributed by atoms with Gasteiger partial charge in [-0.3, -0.25) is 0 Å². The summed E-state index contributed by atoms with van der Waals surface area (Å²) in [6.45, 7) is 0. The molecule has 15 aromatic rings. The molecular formula is C69H44N6. The predicted octanol–water partition coefficient (Wildman–Crippen LogP) is 17.5. The smallest absolute Gasteiger partial charge is 0.164 e. The summed E-state index contributed by atoms with van der Waals surface area (Å²) in [4.78, 5) is 15.9. The third-order valence-electron chi connectivity index (χ3n) is 14.9. The summed E-state index contributed by atoms with van der Waals surface area (Å²) < 4.78 is 7.22. The molecule has 15 rings (SSSR count). The maximum absolute atomic E-state index is 5.30. The lowest BCUT2D eigenvalue weighted by Crippen LogP contribution is -2.02. The second kappa shape index (κ2) is 17.3. The number of hydrogen-bond donors (Lipinski definition) is 0. The van der Waals surface area contributed by atoms with E-state index in [2.05, 4.69) is 268 Å². The highest BCUT2D eigenvalue weighted by atomic mass is 15.0. The van der Waals surface area contributed by atoms with Crippen LogP contribution < -0.4 is 0 Å². The molecule has 0 radical (unpaired) electrons. The highest BCUT2D eigenvalue weighted by Gasteiger charge is 2.21. The first-order chi connectivity index (χ1) is 37.2.